The molecule has 0 aliphatic carbocycles. The van der Waals surface area contributed by atoms with Crippen molar-refractivity contribution in [2.45, 2.75) is 11.8 Å². The van der Waals surface area contributed by atoms with Crippen molar-refractivity contribution in [3.05, 3.63) is 33.9 Å². The molecule has 0 aliphatic rings. The average Bonchev–Trinajstić information content (AvgIpc) is 2.42. The molecule has 0 unspecified atom stereocenters. The lowest BCUT2D eigenvalue weighted by molar-refractivity contribution is -0.385. The molecule has 7 nitrogen and oxygen atoms in total. The normalized spacial score (nSPS) is 10.1. The summed E-state index contributed by atoms with van der Waals surface area (Å²) >= 11 is 1.34. The Hall–Kier alpha value is -2.09. The third-order valence-corrected chi connectivity index (χ3v) is 3.35. The predicted octanol–water partition coefficient (Wildman–Crippen LogP) is 1.86. The van der Waals surface area contributed by atoms with Crippen LogP contribution in [-0.4, -0.2) is 46.2 Å². The fourth-order valence-electron chi connectivity index (χ4n) is 1.63. The van der Waals surface area contributed by atoms with Crippen LogP contribution in [0.1, 0.15) is 17.3 Å². The van der Waals surface area contributed by atoms with Crippen molar-refractivity contribution < 1.29 is 19.6 Å². The summed E-state index contributed by atoms with van der Waals surface area (Å²) in [6, 6.07) is 4.22. The highest BCUT2D eigenvalue weighted by Crippen LogP contribution is 2.25. The molecule has 0 heterocycles. The number of carbonyl (C=O) groups excluding carboxylic acids is 1. The Bertz CT molecular complexity index is 547. The zero-order chi connectivity index (χ0) is 15.3. The standard InChI is InChI=1S/C12H14N2O5S/c1-3-13(7-11(15)16)12(17)9-6-8(20-2)4-5-10(9)14(18)19/h4-6H,3,7H2,1-2H3,(H,15,16). The number of nitrogens with zero attached hydrogens (tertiary/aromatic N) is 2. The molecule has 1 aromatic carbocycles. The van der Waals surface area contributed by atoms with Crippen LogP contribution in [0.4, 0.5) is 5.69 Å². The number of carbonyl (C=O) groups is 2. The van der Waals surface area contributed by atoms with Crippen LogP contribution in [0.15, 0.2) is 23.1 Å². The minimum absolute atomic E-state index is 0.0926. The number of nitro benzene ring substituents is 1. The molecule has 0 radical (unpaired) electrons. The Labute approximate surface area is 119 Å². The molecule has 0 aromatic heterocycles. The van der Waals surface area contributed by atoms with Crippen LogP contribution in [0.5, 0.6) is 0 Å². The van der Waals surface area contributed by atoms with E-state index in [-0.39, 0.29) is 17.8 Å². The molecule has 0 aliphatic heterocycles. The Morgan fingerprint density at radius 1 is 1.45 bits per heavy atom. The van der Waals surface area contributed by atoms with Crippen LogP contribution in [-0.2, 0) is 4.79 Å². The lowest BCUT2D eigenvalue weighted by Crippen LogP contribution is -2.35. The fraction of sp³-hybridized carbons (Fsp3) is 0.333. The van der Waals surface area contributed by atoms with Crippen molar-refractivity contribution in [1.82, 2.24) is 4.90 Å². The molecule has 0 atom stereocenters. The molecule has 20 heavy (non-hydrogen) atoms. The number of likely N-dealkylation sites (N-methyl/N-ethyl adjacent to an activating group) is 1. The Kier molecular flexibility index (Phi) is 5.51. The third kappa shape index (κ3) is 3.70. The number of benzene rings is 1. The number of nitro groups is 1. The minimum Gasteiger partial charge on any atom is -0.480 e. The van der Waals surface area contributed by atoms with Gasteiger partial charge in [0.05, 0.1) is 4.92 Å². The number of rotatable bonds is 6. The van der Waals surface area contributed by atoms with Gasteiger partial charge in [-0.3, -0.25) is 19.7 Å². The molecule has 1 N–H and O–H groups in total. The Morgan fingerprint density at radius 3 is 2.55 bits per heavy atom. The van der Waals surface area contributed by atoms with Gasteiger partial charge in [-0.1, -0.05) is 0 Å². The van der Waals surface area contributed by atoms with Crippen LogP contribution in [0.3, 0.4) is 0 Å². The largest absolute Gasteiger partial charge is 0.480 e. The first kappa shape index (κ1) is 16.0. The first-order valence-electron chi connectivity index (χ1n) is 5.74. The maximum absolute atomic E-state index is 12.3. The molecular weight excluding hydrogens is 284 g/mol. The first-order chi connectivity index (χ1) is 9.40. The molecule has 1 rings (SSSR count). The highest BCUT2D eigenvalue weighted by molar-refractivity contribution is 7.98. The zero-order valence-electron chi connectivity index (χ0n) is 11.0. The van der Waals surface area contributed by atoms with E-state index >= 15 is 0 Å². The van der Waals surface area contributed by atoms with Gasteiger partial charge in [-0.15, -0.1) is 11.8 Å². The summed E-state index contributed by atoms with van der Waals surface area (Å²) in [6.07, 6.45) is 1.78. The molecule has 1 aromatic rings. The third-order valence-electron chi connectivity index (χ3n) is 2.63. The van der Waals surface area contributed by atoms with Gasteiger partial charge in [-0.2, -0.15) is 0 Å². The second kappa shape index (κ2) is 6.90. The summed E-state index contributed by atoms with van der Waals surface area (Å²) in [7, 11) is 0. The van der Waals surface area contributed by atoms with Gasteiger partial charge in [0.15, 0.2) is 0 Å². The van der Waals surface area contributed by atoms with Gasteiger partial charge in [0, 0.05) is 17.5 Å². The van der Waals surface area contributed by atoms with Crippen molar-refractivity contribution in [1.29, 1.82) is 0 Å². The molecular formula is C12H14N2O5S. The Morgan fingerprint density at radius 2 is 2.10 bits per heavy atom. The van der Waals surface area contributed by atoms with Gasteiger partial charge in [-0.25, -0.2) is 0 Å². The van der Waals surface area contributed by atoms with Crippen LogP contribution in [0.25, 0.3) is 0 Å². The Balaban J connectivity index is 3.23. The van der Waals surface area contributed by atoms with E-state index in [2.05, 4.69) is 0 Å². The molecule has 8 heteroatoms. The molecule has 0 bridgehead atoms. The van der Waals surface area contributed by atoms with E-state index in [0.717, 1.165) is 4.90 Å². The van der Waals surface area contributed by atoms with E-state index in [0.29, 0.717) is 4.90 Å². The molecule has 0 saturated carbocycles. The van der Waals surface area contributed by atoms with Crippen molar-refractivity contribution in [2.24, 2.45) is 0 Å². The second-order valence-electron chi connectivity index (χ2n) is 3.85. The van der Waals surface area contributed by atoms with E-state index < -0.39 is 23.3 Å². The molecule has 1 amide bonds. The number of carboxylic acid groups (broad SMARTS) is 1. The van der Waals surface area contributed by atoms with Gasteiger partial charge in [0.1, 0.15) is 12.1 Å². The maximum atomic E-state index is 12.3. The topological polar surface area (TPSA) is 101 Å². The second-order valence-corrected chi connectivity index (χ2v) is 4.73. The smallest absolute Gasteiger partial charge is 0.323 e. The van der Waals surface area contributed by atoms with Crippen LogP contribution in [0.2, 0.25) is 0 Å². The van der Waals surface area contributed by atoms with Gasteiger partial charge >= 0.3 is 5.97 Å². The average molecular weight is 298 g/mol. The minimum atomic E-state index is -1.16. The fourth-order valence-corrected chi connectivity index (χ4v) is 2.07. The molecule has 0 saturated heterocycles. The van der Waals surface area contributed by atoms with E-state index in [4.69, 9.17) is 5.11 Å². The first-order valence-corrected chi connectivity index (χ1v) is 6.96. The van der Waals surface area contributed by atoms with Gasteiger partial charge in [-0.05, 0) is 25.3 Å². The number of carboxylic acids is 1. The van der Waals surface area contributed by atoms with Crippen LogP contribution < -0.4 is 0 Å². The van der Waals surface area contributed by atoms with E-state index in [9.17, 15) is 19.7 Å². The summed E-state index contributed by atoms with van der Waals surface area (Å²) in [5.41, 5.74) is -0.415. The number of amides is 1. The predicted molar refractivity (Wildman–Crippen MR) is 74.1 cm³/mol. The number of aliphatic carboxylic acids is 1. The lowest BCUT2D eigenvalue weighted by Gasteiger charge is -2.18. The summed E-state index contributed by atoms with van der Waals surface area (Å²) < 4.78 is 0. The number of hydrogen-bond donors (Lipinski definition) is 1. The number of hydrogen-bond acceptors (Lipinski definition) is 5. The van der Waals surface area contributed by atoms with Crippen molar-refractivity contribution >= 4 is 29.3 Å². The summed E-state index contributed by atoms with van der Waals surface area (Å²) in [6.45, 7) is 1.28. The summed E-state index contributed by atoms with van der Waals surface area (Å²) in [4.78, 5) is 35.0. The molecule has 0 spiro atoms. The maximum Gasteiger partial charge on any atom is 0.323 e. The molecule has 0 fully saturated rings. The SMILES string of the molecule is CCN(CC(=O)O)C(=O)c1cc(SC)ccc1[N+](=O)[O-]. The summed E-state index contributed by atoms with van der Waals surface area (Å²) in [5, 5.41) is 19.7. The quantitative estimate of drug-likeness (QED) is 0.489. The van der Waals surface area contributed by atoms with Gasteiger partial charge < -0.3 is 10.0 Å². The van der Waals surface area contributed by atoms with Crippen molar-refractivity contribution in [3.8, 4) is 0 Å². The van der Waals surface area contributed by atoms with Gasteiger partial charge in [0.25, 0.3) is 11.6 Å². The van der Waals surface area contributed by atoms with Crippen molar-refractivity contribution in [2.75, 3.05) is 19.3 Å². The van der Waals surface area contributed by atoms with Gasteiger partial charge in [0.2, 0.25) is 0 Å². The zero-order valence-corrected chi connectivity index (χ0v) is 11.8. The van der Waals surface area contributed by atoms with E-state index in [1.54, 1.807) is 19.2 Å². The molecule has 108 valence electrons. The summed E-state index contributed by atoms with van der Waals surface area (Å²) in [5.74, 6) is -1.82. The van der Waals surface area contributed by atoms with Crippen molar-refractivity contribution in [3.63, 3.8) is 0 Å². The highest BCUT2D eigenvalue weighted by Gasteiger charge is 2.25. The lowest BCUT2D eigenvalue weighted by atomic mass is 10.1. The van der Waals surface area contributed by atoms with E-state index in [1.807, 2.05) is 0 Å². The highest BCUT2D eigenvalue weighted by atomic mass is 32.2. The van der Waals surface area contributed by atoms with Crippen LogP contribution in [0, 0.1) is 10.1 Å². The monoisotopic (exact) mass is 298 g/mol. The van der Waals surface area contributed by atoms with E-state index in [1.165, 1.54) is 23.9 Å². The van der Waals surface area contributed by atoms with Crippen LogP contribution >= 0.6 is 11.8 Å². The number of thioether (sulfide) groups is 1.